The summed E-state index contributed by atoms with van der Waals surface area (Å²) in [5.74, 6) is 0.118. The van der Waals surface area contributed by atoms with Crippen LogP contribution < -0.4 is 10.1 Å². The number of hydrogen-bond acceptors (Lipinski definition) is 4. The van der Waals surface area contributed by atoms with E-state index in [1.807, 2.05) is 42.7 Å². The first kappa shape index (κ1) is 15.9. The lowest BCUT2D eigenvalue weighted by molar-refractivity contribution is -0.124. The molecule has 5 heteroatoms. The molecule has 1 amide bonds. The van der Waals surface area contributed by atoms with Gasteiger partial charge >= 0.3 is 0 Å². The largest absolute Gasteiger partial charge is 0.497 e. The van der Waals surface area contributed by atoms with Gasteiger partial charge in [0.2, 0.25) is 0 Å². The minimum absolute atomic E-state index is 0.278. The number of rotatable bonds is 3. The Balaban J connectivity index is 1.99. The molecule has 0 radical (unpaired) electrons. The van der Waals surface area contributed by atoms with Crippen molar-refractivity contribution in [2.75, 3.05) is 18.7 Å². The Kier molecular flexibility index (Phi) is 4.59. The van der Waals surface area contributed by atoms with E-state index >= 15 is 0 Å². The molecule has 0 bridgehead atoms. The fourth-order valence-electron chi connectivity index (χ4n) is 2.88. The number of thioether (sulfide) groups is 1. The molecule has 0 aliphatic carbocycles. The minimum atomic E-state index is -1.08. The highest BCUT2D eigenvalue weighted by Gasteiger charge is 2.32. The summed E-state index contributed by atoms with van der Waals surface area (Å²) in [6.07, 6.45) is 1.55. The Morgan fingerprint density at radius 2 is 1.96 bits per heavy atom. The summed E-state index contributed by atoms with van der Waals surface area (Å²) < 4.78 is 5.17. The molecule has 2 atom stereocenters. The Labute approximate surface area is 139 Å². The zero-order valence-electron chi connectivity index (χ0n) is 13.1. The van der Waals surface area contributed by atoms with E-state index in [1.165, 1.54) is 0 Å². The third kappa shape index (κ3) is 3.21. The third-order valence-electron chi connectivity index (χ3n) is 4.20. The van der Waals surface area contributed by atoms with E-state index < -0.39 is 6.10 Å². The summed E-state index contributed by atoms with van der Waals surface area (Å²) in [6, 6.07) is 13.5. The van der Waals surface area contributed by atoms with Crippen LogP contribution in [-0.4, -0.2) is 30.5 Å². The average molecular weight is 329 g/mol. The van der Waals surface area contributed by atoms with Crippen molar-refractivity contribution in [1.82, 2.24) is 0 Å². The van der Waals surface area contributed by atoms with Crippen molar-refractivity contribution in [2.45, 2.75) is 23.3 Å². The van der Waals surface area contributed by atoms with Crippen LogP contribution in [0.15, 0.2) is 47.4 Å². The van der Waals surface area contributed by atoms with Crippen molar-refractivity contribution in [3.8, 4) is 5.75 Å². The number of carbonyl (C=O) groups excluding carboxylic acids is 1. The lowest BCUT2D eigenvalue weighted by atomic mass is 9.88. The van der Waals surface area contributed by atoms with Crippen LogP contribution in [0, 0.1) is 0 Å². The molecule has 1 heterocycles. The Bertz CT molecular complexity index is 715. The highest BCUT2D eigenvalue weighted by molar-refractivity contribution is 7.98. The number of nitrogens with one attached hydrogen (secondary N) is 1. The van der Waals surface area contributed by atoms with Crippen molar-refractivity contribution in [1.29, 1.82) is 0 Å². The molecular weight excluding hydrogens is 310 g/mol. The van der Waals surface area contributed by atoms with E-state index in [4.69, 9.17) is 4.74 Å². The molecule has 23 heavy (non-hydrogen) atoms. The molecule has 4 nitrogen and oxygen atoms in total. The number of benzene rings is 2. The van der Waals surface area contributed by atoms with E-state index in [0.717, 1.165) is 27.5 Å². The number of methoxy groups -OCH3 is 1. The molecule has 0 aromatic heterocycles. The molecule has 2 aromatic rings. The monoisotopic (exact) mass is 329 g/mol. The van der Waals surface area contributed by atoms with Crippen LogP contribution in [0.5, 0.6) is 5.75 Å². The topological polar surface area (TPSA) is 58.6 Å². The molecule has 0 saturated carbocycles. The van der Waals surface area contributed by atoms with Gasteiger partial charge < -0.3 is 15.2 Å². The molecule has 3 rings (SSSR count). The van der Waals surface area contributed by atoms with Gasteiger partial charge in [0.1, 0.15) is 11.9 Å². The maximum atomic E-state index is 12.2. The van der Waals surface area contributed by atoms with Crippen LogP contribution in [0.2, 0.25) is 0 Å². The van der Waals surface area contributed by atoms with Crippen molar-refractivity contribution in [3.05, 3.63) is 53.6 Å². The van der Waals surface area contributed by atoms with E-state index in [2.05, 4.69) is 11.4 Å². The maximum absolute atomic E-state index is 12.2. The summed E-state index contributed by atoms with van der Waals surface area (Å²) >= 11 is 1.66. The zero-order chi connectivity index (χ0) is 16.4. The first-order valence-electron chi connectivity index (χ1n) is 7.42. The first-order valence-corrected chi connectivity index (χ1v) is 8.64. The smallest absolute Gasteiger partial charge is 0.253 e. The van der Waals surface area contributed by atoms with Crippen molar-refractivity contribution >= 4 is 23.4 Å². The lowest BCUT2D eigenvalue weighted by Gasteiger charge is -2.19. The molecule has 2 N–H and O–H groups in total. The van der Waals surface area contributed by atoms with E-state index in [0.29, 0.717) is 6.42 Å². The Morgan fingerprint density at radius 3 is 2.61 bits per heavy atom. The van der Waals surface area contributed by atoms with Gasteiger partial charge in [-0.2, -0.15) is 0 Å². The van der Waals surface area contributed by atoms with Crippen LogP contribution >= 0.6 is 11.8 Å². The Hall–Kier alpha value is -1.98. The summed E-state index contributed by atoms with van der Waals surface area (Å²) in [5.41, 5.74) is 2.75. The summed E-state index contributed by atoms with van der Waals surface area (Å²) in [7, 11) is 1.61. The number of carbonyl (C=O) groups is 1. The minimum Gasteiger partial charge on any atom is -0.497 e. The Morgan fingerprint density at radius 1 is 1.22 bits per heavy atom. The molecule has 0 spiro atoms. The summed E-state index contributed by atoms with van der Waals surface area (Å²) in [5, 5.41) is 13.3. The van der Waals surface area contributed by atoms with Gasteiger partial charge in [-0.05, 0) is 54.1 Å². The van der Waals surface area contributed by atoms with Gasteiger partial charge in [-0.25, -0.2) is 0 Å². The standard InChI is InChI=1S/C18H19NO3S/c1-22-13-5-3-11(4-6-13)15-10-12-9-14(23-2)7-8-16(12)19-18(21)17(15)20/h3-9,15,17,20H,10H2,1-2H3,(H,19,21). The normalized spacial score (nSPS) is 20.4. The number of fused-ring (bicyclic) bond motifs is 1. The molecule has 2 aromatic carbocycles. The van der Waals surface area contributed by atoms with Gasteiger partial charge in [0.05, 0.1) is 7.11 Å². The van der Waals surface area contributed by atoms with Crippen LogP contribution in [0.1, 0.15) is 17.0 Å². The maximum Gasteiger partial charge on any atom is 0.253 e. The zero-order valence-corrected chi connectivity index (χ0v) is 13.9. The molecule has 2 unspecified atom stereocenters. The quantitative estimate of drug-likeness (QED) is 0.850. The molecule has 0 fully saturated rings. The van der Waals surface area contributed by atoms with Crippen molar-refractivity contribution in [2.24, 2.45) is 0 Å². The average Bonchev–Trinajstić information content (AvgIpc) is 2.71. The van der Waals surface area contributed by atoms with Gasteiger partial charge in [-0.1, -0.05) is 12.1 Å². The van der Waals surface area contributed by atoms with Gasteiger partial charge in [0.25, 0.3) is 5.91 Å². The molecular formula is C18H19NO3S. The van der Waals surface area contributed by atoms with Crippen LogP contribution in [0.3, 0.4) is 0 Å². The highest BCUT2D eigenvalue weighted by atomic mass is 32.2. The number of amides is 1. The lowest BCUT2D eigenvalue weighted by Crippen LogP contribution is -2.31. The van der Waals surface area contributed by atoms with Gasteiger partial charge in [0.15, 0.2) is 0 Å². The second kappa shape index (κ2) is 6.64. The number of aliphatic hydroxyl groups is 1. The number of aliphatic hydroxyl groups excluding tert-OH is 1. The third-order valence-corrected chi connectivity index (χ3v) is 4.93. The fourth-order valence-corrected chi connectivity index (χ4v) is 3.34. The first-order chi connectivity index (χ1) is 11.1. The molecule has 0 saturated heterocycles. The van der Waals surface area contributed by atoms with Gasteiger partial charge in [-0.15, -0.1) is 11.8 Å². The SMILES string of the molecule is COc1ccc(C2Cc3cc(SC)ccc3NC(=O)C2O)cc1. The van der Waals surface area contributed by atoms with Crippen LogP contribution in [-0.2, 0) is 11.2 Å². The van der Waals surface area contributed by atoms with Crippen molar-refractivity contribution in [3.63, 3.8) is 0 Å². The van der Waals surface area contributed by atoms with Gasteiger partial charge in [0, 0.05) is 16.5 Å². The molecule has 1 aliphatic heterocycles. The number of anilines is 1. The van der Waals surface area contributed by atoms with E-state index in [9.17, 15) is 9.90 Å². The highest BCUT2D eigenvalue weighted by Crippen LogP contribution is 2.34. The van der Waals surface area contributed by atoms with Crippen LogP contribution in [0.4, 0.5) is 5.69 Å². The second-order valence-corrected chi connectivity index (χ2v) is 6.42. The van der Waals surface area contributed by atoms with Crippen molar-refractivity contribution < 1.29 is 14.6 Å². The van der Waals surface area contributed by atoms with E-state index in [1.54, 1.807) is 18.9 Å². The summed E-state index contributed by atoms with van der Waals surface area (Å²) in [4.78, 5) is 13.4. The number of hydrogen-bond donors (Lipinski definition) is 2. The second-order valence-electron chi connectivity index (χ2n) is 5.54. The molecule has 120 valence electrons. The fraction of sp³-hybridized carbons (Fsp3) is 0.278. The van der Waals surface area contributed by atoms with Crippen LogP contribution in [0.25, 0.3) is 0 Å². The molecule has 1 aliphatic rings. The predicted molar refractivity (Wildman–Crippen MR) is 92.3 cm³/mol. The van der Waals surface area contributed by atoms with E-state index in [-0.39, 0.29) is 11.8 Å². The number of ether oxygens (including phenoxy) is 1. The summed E-state index contributed by atoms with van der Waals surface area (Å²) in [6.45, 7) is 0. The predicted octanol–water partition coefficient (Wildman–Crippen LogP) is 3.06. The van der Waals surface area contributed by atoms with Gasteiger partial charge in [-0.3, -0.25) is 4.79 Å².